The Balaban J connectivity index is 1.67. The molecule has 3 aliphatic heterocycles. The van der Waals surface area contributed by atoms with Gasteiger partial charge in [0.25, 0.3) is 6.01 Å². The van der Waals surface area contributed by atoms with E-state index < -0.39 is 23.9 Å². The highest BCUT2D eigenvalue weighted by Crippen LogP contribution is 2.46. The lowest BCUT2D eigenvalue weighted by Crippen LogP contribution is -2.70. The molecule has 1 aromatic carbocycles. The summed E-state index contributed by atoms with van der Waals surface area (Å²) >= 11 is 1.28. The normalized spacial score (nSPS) is 21.7. The van der Waals surface area contributed by atoms with Crippen LogP contribution in [-0.2, 0) is 10.9 Å². The maximum absolute atomic E-state index is 14.2. The number of carboxylic acid groups (broad SMARTS) is 1. The molecule has 2 bridgehead atoms. The molecule has 0 aliphatic carbocycles. The number of benzene rings is 1. The van der Waals surface area contributed by atoms with Crippen LogP contribution in [0.3, 0.4) is 0 Å². The van der Waals surface area contributed by atoms with Gasteiger partial charge < -0.3 is 19.2 Å². The number of nitrogens with zero attached hydrogens (tertiary/aromatic N) is 4. The standard InChI is InChI=1S/C20H19F3N4O4S/c1-9(30-2)12-6-13(17-24-3-4-32-17)16-15(14(12)20(21,22)23)25-18(31-16)26-7-10-5-11(8-26)27(10)19(28)29/h3-4,6,9-11H,5,7-8H2,1-2H3,(H,28,29). The van der Waals surface area contributed by atoms with Crippen LogP contribution in [0.4, 0.5) is 24.0 Å². The molecule has 6 rings (SSSR count). The lowest BCUT2D eigenvalue weighted by atomic mass is 9.88. The van der Waals surface area contributed by atoms with Gasteiger partial charge in [0.1, 0.15) is 10.5 Å². The molecule has 3 atom stereocenters. The summed E-state index contributed by atoms with van der Waals surface area (Å²) in [5, 5.41) is 11.5. The van der Waals surface area contributed by atoms with Crippen molar-refractivity contribution in [1.29, 1.82) is 0 Å². The van der Waals surface area contributed by atoms with Crippen molar-refractivity contribution < 1.29 is 32.2 Å². The Bertz CT molecular complexity index is 1170. The number of amides is 1. The van der Waals surface area contributed by atoms with Gasteiger partial charge in [0.2, 0.25) is 0 Å². The molecule has 3 aliphatic rings. The van der Waals surface area contributed by atoms with Crippen LogP contribution < -0.4 is 4.90 Å². The topological polar surface area (TPSA) is 91.9 Å². The number of carbonyl (C=O) groups is 1. The zero-order chi connectivity index (χ0) is 22.8. The number of fused-ring (bicyclic) bond motifs is 3. The monoisotopic (exact) mass is 468 g/mol. The Morgan fingerprint density at radius 3 is 2.66 bits per heavy atom. The van der Waals surface area contributed by atoms with E-state index in [9.17, 15) is 23.1 Å². The van der Waals surface area contributed by atoms with Gasteiger partial charge in [0.05, 0.1) is 29.3 Å². The van der Waals surface area contributed by atoms with E-state index in [1.807, 2.05) is 0 Å². The average molecular weight is 468 g/mol. The second-order valence-corrected chi connectivity index (χ2v) is 8.81. The van der Waals surface area contributed by atoms with Crippen LogP contribution in [0.5, 0.6) is 0 Å². The van der Waals surface area contributed by atoms with E-state index >= 15 is 0 Å². The first kappa shape index (κ1) is 21.0. The number of hydrogen-bond donors (Lipinski definition) is 1. The minimum atomic E-state index is -4.68. The molecule has 3 saturated heterocycles. The predicted molar refractivity (Wildman–Crippen MR) is 110 cm³/mol. The van der Waals surface area contributed by atoms with Crippen molar-refractivity contribution in [3.8, 4) is 10.6 Å². The molecule has 32 heavy (non-hydrogen) atoms. The summed E-state index contributed by atoms with van der Waals surface area (Å²) in [6.07, 6.45) is -4.22. The Labute approximate surface area is 184 Å². The highest BCUT2D eigenvalue weighted by molar-refractivity contribution is 7.13. The van der Waals surface area contributed by atoms with E-state index in [4.69, 9.17) is 9.15 Å². The molecule has 2 aromatic heterocycles. The van der Waals surface area contributed by atoms with Crippen molar-refractivity contribution >= 4 is 34.5 Å². The van der Waals surface area contributed by atoms with Crippen molar-refractivity contribution in [2.75, 3.05) is 25.1 Å². The predicted octanol–water partition coefficient (Wildman–Crippen LogP) is 4.62. The number of oxazole rings is 1. The van der Waals surface area contributed by atoms with Crippen molar-refractivity contribution in [1.82, 2.24) is 14.9 Å². The number of methoxy groups -OCH3 is 1. The number of ether oxygens (including phenoxy) is 1. The van der Waals surface area contributed by atoms with E-state index in [1.54, 1.807) is 23.4 Å². The summed E-state index contributed by atoms with van der Waals surface area (Å²) in [6, 6.07) is 0.995. The Kier molecular flexibility index (Phi) is 4.82. The first-order valence-electron chi connectivity index (χ1n) is 9.92. The maximum Gasteiger partial charge on any atom is 0.418 e. The minimum Gasteiger partial charge on any atom is -0.465 e. The fourth-order valence-electron chi connectivity index (χ4n) is 4.57. The summed E-state index contributed by atoms with van der Waals surface area (Å²) in [7, 11) is 1.35. The zero-order valence-electron chi connectivity index (χ0n) is 17.1. The molecular weight excluding hydrogens is 449 g/mol. The van der Waals surface area contributed by atoms with Gasteiger partial charge in [-0.25, -0.2) is 9.78 Å². The van der Waals surface area contributed by atoms with E-state index in [0.717, 1.165) is 6.42 Å². The lowest BCUT2D eigenvalue weighted by molar-refractivity contribution is -0.138. The van der Waals surface area contributed by atoms with Gasteiger partial charge in [-0.15, -0.1) is 11.3 Å². The zero-order valence-corrected chi connectivity index (χ0v) is 17.9. The molecule has 170 valence electrons. The summed E-state index contributed by atoms with van der Waals surface area (Å²) < 4.78 is 53.7. The van der Waals surface area contributed by atoms with Crippen molar-refractivity contribution in [2.45, 2.75) is 37.7 Å². The highest BCUT2D eigenvalue weighted by atomic mass is 32.1. The van der Waals surface area contributed by atoms with Gasteiger partial charge in [-0.05, 0) is 25.0 Å². The van der Waals surface area contributed by atoms with Crippen LogP contribution in [0.25, 0.3) is 21.7 Å². The number of alkyl halides is 3. The minimum absolute atomic E-state index is 0.00339. The molecule has 0 saturated carbocycles. The third kappa shape index (κ3) is 3.20. The largest absolute Gasteiger partial charge is 0.465 e. The molecular formula is C20H19F3N4O4S. The second kappa shape index (κ2) is 7.34. The van der Waals surface area contributed by atoms with Crippen molar-refractivity contribution in [3.63, 3.8) is 0 Å². The molecule has 12 heteroatoms. The Hall–Kier alpha value is -2.86. The third-order valence-electron chi connectivity index (χ3n) is 6.11. The van der Waals surface area contributed by atoms with Crippen LogP contribution in [0.1, 0.15) is 30.6 Å². The summed E-state index contributed by atoms with van der Waals surface area (Å²) in [6.45, 7) is 2.16. The number of rotatable bonds is 4. The van der Waals surface area contributed by atoms with Crippen LogP contribution in [0.2, 0.25) is 0 Å². The quantitative estimate of drug-likeness (QED) is 0.597. The Morgan fingerprint density at radius 1 is 1.38 bits per heavy atom. The lowest BCUT2D eigenvalue weighted by Gasteiger charge is -2.54. The number of anilines is 1. The first-order valence-corrected chi connectivity index (χ1v) is 10.8. The van der Waals surface area contributed by atoms with E-state index in [0.29, 0.717) is 23.7 Å². The van der Waals surface area contributed by atoms with Gasteiger partial charge in [0.15, 0.2) is 5.58 Å². The molecule has 1 amide bonds. The molecule has 0 spiro atoms. The van der Waals surface area contributed by atoms with Crippen LogP contribution in [0.15, 0.2) is 22.1 Å². The van der Waals surface area contributed by atoms with Crippen LogP contribution in [-0.4, -0.2) is 58.4 Å². The van der Waals surface area contributed by atoms with Gasteiger partial charge in [0, 0.05) is 31.8 Å². The fraction of sp³-hybridized carbons (Fsp3) is 0.450. The van der Waals surface area contributed by atoms with Crippen LogP contribution >= 0.6 is 11.3 Å². The molecule has 3 aromatic rings. The number of hydrogen-bond acceptors (Lipinski definition) is 7. The second-order valence-electron chi connectivity index (χ2n) is 7.91. The Morgan fingerprint density at radius 2 is 2.09 bits per heavy atom. The van der Waals surface area contributed by atoms with E-state index in [2.05, 4.69) is 9.97 Å². The van der Waals surface area contributed by atoms with E-state index in [-0.39, 0.29) is 34.8 Å². The first-order chi connectivity index (χ1) is 15.2. The van der Waals surface area contributed by atoms with Crippen molar-refractivity contribution in [2.24, 2.45) is 0 Å². The molecule has 0 radical (unpaired) electrons. The SMILES string of the molecule is COC(C)c1cc(-c2nccs2)c2oc(N3CC4CC(C3)N4C(=O)O)nc2c1C(F)(F)F. The fourth-order valence-corrected chi connectivity index (χ4v) is 5.22. The number of thiazole rings is 1. The number of aromatic nitrogens is 2. The third-order valence-corrected chi connectivity index (χ3v) is 6.91. The molecule has 8 nitrogen and oxygen atoms in total. The summed E-state index contributed by atoms with van der Waals surface area (Å²) in [5.74, 6) is 0. The highest BCUT2D eigenvalue weighted by Gasteiger charge is 2.49. The summed E-state index contributed by atoms with van der Waals surface area (Å²) in [4.78, 5) is 23.0. The van der Waals surface area contributed by atoms with Gasteiger partial charge in [-0.2, -0.15) is 18.2 Å². The molecule has 3 unspecified atom stereocenters. The number of halogens is 3. The van der Waals surface area contributed by atoms with Crippen molar-refractivity contribution in [3.05, 3.63) is 28.8 Å². The average Bonchev–Trinajstić information content (AvgIpc) is 3.40. The summed E-state index contributed by atoms with van der Waals surface area (Å²) in [5.41, 5.74) is -0.824. The smallest absolute Gasteiger partial charge is 0.418 e. The van der Waals surface area contributed by atoms with Crippen LogP contribution in [0, 0.1) is 0 Å². The maximum atomic E-state index is 14.2. The van der Waals surface area contributed by atoms with Gasteiger partial charge >= 0.3 is 12.3 Å². The van der Waals surface area contributed by atoms with E-state index in [1.165, 1.54) is 29.4 Å². The van der Waals surface area contributed by atoms with Gasteiger partial charge in [-0.3, -0.25) is 4.90 Å². The molecule has 5 heterocycles. The molecule has 1 N–H and O–H groups in total. The van der Waals surface area contributed by atoms with Gasteiger partial charge in [-0.1, -0.05) is 0 Å². The number of piperazine rings is 1. The number of piperidine rings is 1. The molecule has 3 fully saturated rings.